The zero-order valence-electron chi connectivity index (χ0n) is 12.0. The van der Waals surface area contributed by atoms with E-state index in [0.717, 1.165) is 23.0 Å². The van der Waals surface area contributed by atoms with Gasteiger partial charge in [-0.3, -0.25) is 4.68 Å². The lowest BCUT2D eigenvalue weighted by Crippen LogP contribution is -2.26. The van der Waals surface area contributed by atoms with E-state index in [0.29, 0.717) is 6.54 Å². The van der Waals surface area contributed by atoms with Gasteiger partial charge < -0.3 is 0 Å². The molecule has 0 aliphatic rings. The van der Waals surface area contributed by atoms with E-state index in [4.69, 9.17) is 0 Å². The first-order valence-electron chi connectivity index (χ1n) is 6.21. The standard InChI is InChI=1S/C13H21N5/c1-9-7-10(2)17(15-9)8-12-14-11(3)16-18(12)13(4,5)6/h7H,8H2,1-6H3. The van der Waals surface area contributed by atoms with Gasteiger partial charge in [-0.25, -0.2) is 9.67 Å². The summed E-state index contributed by atoms with van der Waals surface area (Å²) in [4.78, 5) is 4.51. The molecule has 0 atom stereocenters. The van der Waals surface area contributed by atoms with Crippen LogP contribution in [0.3, 0.4) is 0 Å². The maximum atomic E-state index is 4.51. The minimum Gasteiger partial charge on any atom is -0.262 e. The molecule has 0 fully saturated rings. The molecule has 0 saturated carbocycles. The number of nitrogens with zero attached hydrogens (tertiary/aromatic N) is 5. The van der Waals surface area contributed by atoms with Crippen molar-refractivity contribution in [1.82, 2.24) is 24.5 Å². The Labute approximate surface area is 108 Å². The largest absolute Gasteiger partial charge is 0.262 e. The smallest absolute Gasteiger partial charge is 0.149 e. The highest BCUT2D eigenvalue weighted by molar-refractivity contribution is 5.08. The Morgan fingerprint density at radius 2 is 1.78 bits per heavy atom. The summed E-state index contributed by atoms with van der Waals surface area (Å²) in [6.45, 7) is 13.0. The number of hydrogen-bond acceptors (Lipinski definition) is 3. The lowest BCUT2D eigenvalue weighted by molar-refractivity contribution is 0.335. The summed E-state index contributed by atoms with van der Waals surface area (Å²) in [5, 5.41) is 8.95. The van der Waals surface area contributed by atoms with Crippen molar-refractivity contribution < 1.29 is 0 Å². The predicted molar refractivity (Wildman–Crippen MR) is 70.6 cm³/mol. The molecular formula is C13H21N5. The molecule has 2 heterocycles. The van der Waals surface area contributed by atoms with Gasteiger partial charge in [-0.05, 0) is 47.6 Å². The van der Waals surface area contributed by atoms with Crippen LogP contribution in [0.5, 0.6) is 0 Å². The topological polar surface area (TPSA) is 48.5 Å². The quantitative estimate of drug-likeness (QED) is 0.817. The Morgan fingerprint density at radius 1 is 1.11 bits per heavy atom. The lowest BCUT2D eigenvalue weighted by atomic mass is 10.1. The van der Waals surface area contributed by atoms with Crippen LogP contribution in [0.1, 0.15) is 43.8 Å². The van der Waals surface area contributed by atoms with Crippen molar-refractivity contribution in [2.24, 2.45) is 0 Å². The summed E-state index contributed by atoms with van der Waals surface area (Å²) < 4.78 is 3.96. The van der Waals surface area contributed by atoms with Crippen molar-refractivity contribution in [2.45, 2.75) is 53.6 Å². The van der Waals surface area contributed by atoms with Gasteiger partial charge in [-0.1, -0.05) is 0 Å². The Hall–Kier alpha value is -1.65. The summed E-state index contributed by atoms with van der Waals surface area (Å²) in [5.74, 6) is 1.76. The van der Waals surface area contributed by atoms with E-state index in [2.05, 4.69) is 48.9 Å². The molecule has 0 aromatic carbocycles. The van der Waals surface area contributed by atoms with E-state index >= 15 is 0 Å². The van der Waals surface area contributed by atoms with Crippen molar-refractivity contribution >= 4 is 0 Å². The summed E-state index contributed by atoms with van der Waals surface area (Å²) in [6, 6.07) is 2.07. The van der Waals surface area contributed by atoms with E-state index in [-0.39, 0.29) is 5.54 Å². The summed E-state index contributed by atoms with van der Waals surface area (Å²) in [7, 11) is 0. The summed E-state index contributed by atoms with van der Waals surface area (Å²) in [5.41, 5.74) is 2.12. The Morgan fingerprint density at radius 3 is 2.28 bits per heavy atom. The molecule has 0 unspecified atom stereocenters. The first kappa shape index (κ1) is 12.8. The minimum atomic E-state index is -0.0628. The molecule has 0 aliphatic heterocycles. The Kier molecular flexibility index (Phi) is 3.00. The highest BCUT2D eigenvalue weighted by Gasteiger charge is 2.20. The van der Waals surface area contributed by atoms with E-state index < -0.39 is 0 Å². The van der Waals surface area contributed by atoms with Gasteiger partial charge in [0.15, 0.2) is 0 Å². The third kappa shape index (κ3) is 2.44. The molecule has 0 amide bonds. The maximum Gasteiger partial charge on any atom is 0.149 e. The van der Waals surface area contributed by atoms with E-state index in [1.807, 2.05) is 23.2 Å². The second-order valence-corrected chi connectivity index (χ2v) is 5.74. The van der Waals surface area contributed by atoms with Crippen LogP contribution in [0.4, 0.5) is 0 Å². The van der Waals surface area contributed by atoms with Crippen LogP contribution >= 0.6 is 0 Å². The molecule has 0 spiro atoms. The predicted octanol–water partition coefficient (Wildman–Crippen LogP) is 2.20. The SMILES string of the molecule is Cc1cc(C)n(Cc2nc(C)nn2C(C)(C)C)n1. The van der Waals surface area contributed by atoms with E-state index in [1.165, 1.54) is 0 Å². The van der Waals surface area contributed by atoms with Crippen LogP contribution in [0.2, 0.25) is 0 Å². The fourth-order valence-electron chi connectivity index (χ4n) is 2.07. The van der Waals surface area contributed by atoms with Gasteiger partial charge in [0.2, 0.25) is 0 Å². The Bertz CT molecular complexity index is 556. The molecule has 0 N–H and O–H groups in total. The average molecular weight is 247 g/mol. The van der Waals surface area contributed by atoms with Crippen molar-refractivity contribution in [3.05, 3.63) is 29.1 Å². The number of hydrogen-bond donors (Lipinski definition) is 0. The molecule has 0 bridgehead atoms. The molecule has 0 saturated heterocycles. The van der Waals surface area contributed by atoms with Crippen molar-refractivity contribution in [1.29, 1.82) is 0 Å². The van der Waals surface area contributed by atoms with Gasteiger partial charge in [0.05, 0.1) is 11.2 Å². The van der Waals surface area contributed by atoms with Crippen molar-refractivity contribution in [3.63, 3.8) is 0 Å². The number of rotatable bonds is 2. The first-order valence-corrected chi connectivity index (χ1v) is 6.21. The van der Waals surface area contributed by atoms with Crippen LogP contribution in [-0.4, -0.2) is 24.5 Å². The molecule has 18 heavy (non-hydrogen) atoms. The van der Waals surface area contributed by atoms with Crippen LogP contribution in [-0.2, 0) is 12.1 Å². The van der Waals surface area contributed by atoms with Crippen molar-refractivity contribution in [2.75, 3.05) is 0 Å². The Balaban J connectivity index is 2.38. The average Bonchev–Trinajstić information content (AvgIpc) is 2.70. The normalized spacial score (nSPS) is 12.1. The van der Waals surface area contributed by atoms with Crippen LogP contribution in [0.25, 0.3) is 0 Å². The summed E-state index contributed by atoms with van der Waals surface area (Å²) >= 11 is 0. The van der Waals surface area contributed by atoms with Crippen LogP contribution < -0.4 is 0 Å². The zero-order chi connectivity index (χ0) is 13.5. The van der Waals surface area contributed by atoms with Gasteiger partial charge in [-0.15, -0.1) is 0 Å². The monoisotopic (exact) mass is 247 g/mol. The fraction of sp³-hybridized carbons (Fsp3) is 0.615. The lowest BCUT2D eigenvalue weighted by Gasteiger charge is -2.21. The molecule has 0 aliphatic carbocycles. The second-order valence-electron chi connectivity index (χ2n) is 5.74. The molecule has 0 radical (unpaired) electrons. The molecule has 2 aromatic heterocycles. The van der Waals surface area contributed by atoms with Gasteiger partial charge >= 0.3 is 0 Å². The highest BCUT2D eigenvalue weighted by atomic mass is 15.4. The molecule has 2 rings (SSSR count). The summed E-state index contributed by atoms with van der Waals surface area (Å²) in [6.07, 6.45) is 0. The highest BCUT2D eigenvalue weighted by Crippen LogP contribution is 2.16. The van der Waals surface area contributed by atoms with E-state index in [1.54, 1.807) is 0 Å². The van der Waals surface area contributed by atoms with Crippen LogP contribution in [0.15, 0.2) is 6.07 Å². The van der Waals surface area contributed by atoms with Gasteiger partial charge in [0.25, 0.3) is 0 Å². The molecule has 5 nitrogen and oxygen atoms in total. The van der Waals surface area contributed by atoms with Crippen LogP contribution in [0, 0.1) is 20.8 Å². The number of aryl methyl sites for hydroxylation is 3. The van der Waals surface area contributed by atoms with Gasteiger partial charge in [-0.2, -0.15) is 10.2 Å². The van der Waals surface area contributed by atoms with Crippen molar-refractivity contribution in [3.8, 4) is 0 Å². The number of aromatic nitrogens is 5. The second kappa shape index (κ2) is 4.23. The third-order valence-corrected chi connectivity index (χ3v) is 2.81. The van der Waals surface area contributed by atoms with E-state index in [9.17, 15) is 0 Å². The first-order chi connectivity index (χ1) is 8.27. The van der Waals surface area contributed by atoms with Gasteiger partial charge in [0.1, 0.15) is 18.2 Å². The molecule has 2 aromatic rings. The third-order valence-electron chi connectivity index (χ3n) is 2.81. The molecule has 5 heteroatoms. The molecule has 98 valence electrons. The maximum absolute atomic E-state index is 4.51. The molecular weight excluding hydrogens is 226 g/mol. The minimum absolute atomic E-state index is 0.0628. The zero-order valence-corrected chi connectivity index (χ0v) is 12.0. The fourth-order valence-corrected chi connectivity index (χ4v) is 2.07. The van der Waals surface area contributed by atoms with Gasteiger partial charge in [0, 0.05) is 5.69 Å².